The van der Waals surface area contributed by atoms with Gasteiger partial charge < -0.3 is 0 Å². The summed E-state index contributed by atoms with van der Waals surface area (Å²) in [5.74, 6) is -0.514. The summed E-state index contributed by atoms with van der Waals surface area (Å²) in [5.41, 5.74) is 0.432. The second-order valence-electron chi connectivity index (χ2n) is 5.04. The molecule has 0 aromatic carbocycles. The Morgan fingerprint density at radius 1 is 1.30 bits per heavy atom. The molecule has 0 radical (unpaired) electrons. The number of nitrogens with one attached hydrogen (secondary N) is 1. The van der Waals surface area contributed by atoms with Crippen LogP contribution in [-0.4, -0.2) is 25.5 Å². The highest BCUT2D eigenvalue weighted by atomic mass is 32.1. The number of anilines is 1. The highest BCUT2D eigenvalue weighted by molar-refractivity contribution is 7.17. The van der Waals surface area contributed by atoms with E-state index in [9.17, 15) is 9.59 Å². The molecule has 23 heavy (non-hydrogen) atoms. The first-order chi connectivity index (χ1) is 11.0. The van der Waals surface area contributed by atoms with Crippen LogP contribution in [0.1, 0.15) is 39.3 Å². The lowest BCUT2D eigenvalue weighted by Gasteiger charge is -2.02. The highest BCUT2D eigenvalue weighted by Crippen LogP contribution is 2.19. The van der Waals surface area contributed by atoms with Crippen LogP contribution < -0.4 is 10.9 Å². The molecule has 1 amide bonds. The maximum absolute atomic E-state index is 12.5. The lowest BCUT2D eigenvalue weighted by Crippen LogP contribution is -2.26. The molecule has 0 unspecified atom stereocenters. The van der Waals surface area contributed by atoms with Gasteiger partial charge in [-0.25, -0.2) is 4.98 Å². The molecule has 0 saturated heterocycles. The maximum atomic E-state index is 12.5. The lowest BCUT2D eigenvalue weighted by atomic mass is 10.3. The number of hydrogen-bond acceptors (Lipinski definition) is 7. The number of carbonyl (C=O) groups excluding carboxylic acids is 1. The van der Waals surface area contributed by atoms with E-state index in [-0.39, 0.29) is 11.1 Å². The molecule has 3 aromatic heterocycles. The van der Waals surface area contributed by atoms with Gasteiger partial charge in [-0.2, -0.15) is 0 Å². The number of rotatable bonds is 4. The first-order valence-corrected chi connectivity index (χ1v) is 8.76. The van der Waals surface area contributed by atoms with Crippen LogP contribution in [0.15, 0.2) is 11.0 Å². The zero-order valence-electron chi connectivity index (χ0n) is 12.9. The largest absolute Gasteiger partial charge is 0.296 e. The fraction of sp³-hybridized carbons (Fsp3) is 0.357. The summed E-state index contributed by atoms with van der Waals surface area (Å²) < 4.78 is 1.47. The highest BCUT2D eigenvalue weighted by Gasteiger charge is 2.18. The molecule has 0 atom stereocenters. The van der Waals surface area contributed by atoms with Gasteiger partial charge >= 0.3 is 0 Å². The van der Waals surface area contributed by atoms with Crippen molar-refractivity contribution in [3.63, 3.8) is 0 Å². The van der Waals surface area contributed by atoms with Crippen molar-refractivity contribution >= 4 is 38.7 Å². The zero-order chi connectivity index (χ0) is 16.6. The molecule has 1 N–H and O–H groups in total. The van der Waals surface area contributed by atoms with Crippen LogP contribution in [0.25, 0.3) is 4.96 Å². The van der Waals surface area contributed by atoms with Gasteiger partial charge in [0, 0.05) is 23.2 Å². The molecule has 3 aromatic rings. The summed E-state index contributed by atoms with van der Waals surface area (Å²) in [6.07, 6.45) is 3.09. The van der Waals surface area contributed by atoms with E-state index < -0.39 is 5.91 Å². The summed E-state index contributed by atoms with van der Waals surface area (Å²) >= 11 is 2.74. The van der Waals surface area contributed by atoms with E-state index in [1.54, 1.807) is 0 Å². The Bertz CT molecular complexity index is 940. The monoisotopic (exact) mass is 349 g/mol. The lowest BCUT2D eigenvalue weighted by molar-refractivity contribution is 0.102. The molecule has 0 bridgehead atoms. The molecule has 9 heteroatoms. The molecule has 0 aliphatic heterocycles. The second-order valence-corrected chi connectivity index (χ2v) is 7.29. The van der Waals surface area contributed by atoms with Gasteiger partial charge in [0.25, 0.3) is 11.5 Å². The average molecular weight is 349 g/mol. The molecule has 0 aliphatic rings. The first kappa shape index (κ1) is 15.8. The van der Waals surface area contributed by atoms with Crippen molar-refractivity contribution in [1.82, 2.24) is 19.6 Å². The van der Waals surface area contributed by atoms with Gasteiger partial charge in [0.15, 0.2) is 4.96 Å². The van der Waals surface area contributed by atoms with Crippen LogP contribution in [-0.2, 0) is 6.42 Å². The molecular weight excluding hydrogens is 334 g/mol. The second kappa shape index (κ2) is 6.17. The summed E-state index contributed by atoms with van der Waals surface area (Å²) in [6.45, 7) is 5.81. The van der Waals surface area contributed by atoms with Gasteiger partial charge in [-0.15, -0.1) is 21.5 Å². The number of nitrogens with zero attached hydrogens (tertiary/aromatic N) is 4. The topological polar surface area (TPSA) is 89.2 Å². The number of amides is 1. The van der Waals surface area contributed by atoms with E-state index in [0.717, 1.165) is 28.4 Å². The van der Waals surface area contributed by atoms with Crippen LogP contribution >= 0.6 is 22.7 Å². The van der Waals surface area contributed by atoms with Gasteiger partial charge in [0.1, 0.15) is 10.6 Å². The van der Waals surface area contributed by atoms with Crippen LogP contribution in [0.2, 0.25) is 0 Å². The molecule has 0 aliphatic carbocycles. The van der Waals surface area contributed by atoms with Crippen molar-refractivity contribution in [1.29, 1.82) is 0 Å². The van der Waals surface area contributed by atoms with E-state index in [2.05, 4.69) is 20.5 Å². The van der Waals surface area contributed by atoms with Gasteiger partial charge in [0.2, 0.25) is 5.13 Å². The van der Waals surface area contributed by atoms with Crippen LogP contribution in [0.4, 0.5) is 5.13 Å². The van der Waals surface area contributed by atoms with Gasteiger partial charge in [-0.3, -0.25) is 19.3 Å². The summed E-state index contributed by atoms with van der Waals surface area (Å²) in [4.78, 5) is 30.7. The third-order valence-corrected chi connectivity index (χ3v) is 5.38. The van der Waals surface area contributed by atoms with E-state index >= 15 is 0 Å². The Morgan fingerprint density at radius 3 is 2.83 bits per heavy atom. The van der Waals surface area contributed by atoms with Crippen molar-refractivity contribution in [2.45, 2.75) is 33.6 Å². The van der Waals surface area contributed by atoms with E-state index in [1.165, 1.54) is 33.3 Å². The van der Waals surface area contributed by atoms with E-state index in [4.69, 9.17) is 0 Å². The minimum Gasteiger partial charge on any atom is -0.296 e. The van der Waals surface area contributed by atoms with E-state index in [1.807, 2.05) is 20.8 Å². The van der Waals surface area contributed by atoms with Crippen molar-refractivity contribution in [2.75, 3.05) is 5.32 Å². The van der Waals surface area contributed by atoms with Crippen LogP contribution in [0, 0.1) is 13.8 Å². The SMILES string of the molecule is CCCc1nnc(NC(=O)c2cnc3sc(C)c(C)n3c2=O)s1. The molecule has 7 nitrogen and oxygen atoms in total. The number of thiazole rings is 1. The number of aromatic nitrogens is 4. The predicted octanol–water partition coefficient (Wildman–Crippen LogP) is 2.43. The fourth-order valence-electron chi connectivity index (χ4n) is 2.12. The summed E-state index contributed by atoms with van der Waals surface area (Å²) in [6, 6.07) is 0. The number of carbonyl (C=O) groups is 1. The maximum Gasteiger partial charge on any atom is 0.271 e. The predicted molar refractivity (Wildman–Crippen MR) is 90.7 cm³/mol. The number of fused-ring (bicyclic) bond motifs is 1. The van der Waals surface area contributed by atoms with Gasteiger partial charge in [-0.1, -0.05) is 18.3 Å². The Kier molecular flexibility index (Phi) is 4.22. The third kappa shape index (κ3) is 2.89. The minimum atomic E-state index is -0.514. The quantitative estimate of drug-likeness (QED) is 0.781. The zero-order valence-corrected chi connectivity index (χ0v) is 14.5. The van der Waals surface area contributed by atoms with Crippen molar-refractivity contribution in [3.05, 3.63) is 37.7 Å². The molecular formula is C14H15N5O2S2. The number of aryl methyl sites for hydroxylation is 3. The average Bonchev–Trinajstić information content (AvgIpc) is 3.05. The standard InChI is InChI=1S/C14H15N5O2S2/c1-4-5-10-17-18-13(23-10)16-11(20)9-6-15-14-19(12(9)21)7(2)8(3)22-14/h6H,4-5H2,1-3H3,(H,16,18,20). The van der Waals surface area contributed by atoms with Gasteiger partial charge in [0.05, 0.1) is 0 Å². The van der Waals surface area contributed by atoms with Crippen LogP contribution in [0.5, 0.6) is 0 Å². The Labute approximate surface area is 140 Å². The van der Waals surface area contributed by atoms with Crippen molar-refractivity contribution in [3.8, 4) is 0 Å². The molecule has 0 spiro atoms. The Morgan fingerprint density at radius 2 is 2.09 bits per heavy atom. The fourth-order valence-corrected chi connectivity index (χ4v) is 3.88. The molecule has 3 heterocycles. The number of hydrogen-bond donors (Lipinski definition) is 1. The van der Waals surface area contributed by atoms with Crippen molar-refractivity contribution < 1.29 is 4.79 Å². The summed E-state index contributed by atoms with van der Waals surface area (Å²) in [5, 5.41) is 11.8. The van der Waals surface area contributed by atoms with E-state index in [0.29, 0.717) is 10.1 Å². The minimum absolute atomic E-state index is 0.00404. The molecule has 3 rings (SSSR count). The van der Waals surface area contributed by atoms with Crippen molar-refractivity contribution in [2.24, 2.45) is 0 Å². The summed E-state index contributed by atoms with van der Waals surface area (Å²) in [7, 11) is 0. The normalized spacial score (nSPS) is 11.1. The first-order valence-electron chi connectivity index (χ1n) is 7.12. The molecule has 0 saturated carbocycles. The Balaban J connectivity index is 1.92. The Hall–Kier alpha value is -2.13. The van der Waals surface area contributed by atoms with Gasteiger partial charge in [-0.05, 0) is 20.3 Å². The molecule has 120 valence electrons. The molecule has 0 fully saturated rings. The van der Waals surface area contributed by atoms with Crippen LogP contribution in [0.3, 0.4) is 0 Å². The third-order valence-electron chi connectivity index (χ3n) is 3.41. The smallest absolute Gasteiger partial charge is 0.271 e.